The van der Waals surface area contributed by atoms with Gasteiger partial charge in [-0.05, 0) is 12.1 Å². The number of benzene rings is 1. The first-order chi connectivity index (χ1) is 9.31. The first-order valence-electron chi connectivity index (χ1n) is 6.03. The molecule has 19 heavy (non-hydrogen) atoms. The molecule has 0 bridgehead atoms. The second kappa shape index (κ2) is 6.61. The van der Waals surface area contributed by atoms with E-state index < -0.39 is 0 Å². The molecule has 0 radical (unpaired) electrons. The minimum absolute atomic E-state index is 0.0512. The molecule has 0 atom stereocenters. The summed E-state index contributed by atoms with van der Waals surface area (Å²) in [6, 6.07) is 8.76. The highest BCUT2D eigenvalue weighted by atomic mass is 16.5. The number of nitrogens with one attached hydrogen (secondary N) is 1. The second-order valence-corrected chi connectivity index (χ2v) is 3.97. The van der Waals surface area contributed by atoms with Crippen LogP contribution in [-0.4, -0.2) is 43.8 Å². The molecule has 6 heteroatoms. The van der Waals surface area contributed by atoms with E-state index in [1.807, 2.05) is 6.07 Å². The van der Waals surface area contributed by atoms with Crippen LogP contribution in [0.15, 0.2) is 24.3 Å². The number of rotatable bonds is 3. The molecule has 1 saturated heterocycles. The Morgan fingerprint density at radius 2 is 2.16 bits per heavy atom. The predicted molar refractivity (Wildman–Crippen MR) is 69.0 cm³/mol. The van der Waals surface area contributed by atoms with Crippen molar-refractivity contribution in [2.24, 2.45) is 0 Å². The van der Waals surface area contributed by atoms with Crippen LogP contribution in [0.2, 0.25) is 0 Å². The topological polar surface area (TPSA) is 74.6 Å². The largest absolute Gasteiger partial charge is 0.477 e. The SMILES string of the molecule is N#CCOc1ccccc1NC(=O)N1CCOCC1. The van der Waals surface area contributed by atoms with Crippen molar-refractivity contribution in [1.82, 2.24) is 4.90 Å². The van der Waals surface area contributed by atoms with Gasteiger partial charge >= 0.3 is 6.03 Å². The van der Waals surface area contributed by atoms with E-state index in [-0.39, 0.29) is 12.6 Å². The minimum atomic E-state index is -0.184. The van der Waals surface area contributed by atoms with Gasteiger partial charge in [-0.3, -0.25) is 0 Å². The average molecular weight is 261 g/mol. The van der Waals surface area contributed by atoms with Crippen molar-refractivity contribution in [2.75, 3.05) is 38.2 Å². The van der Waals surface area contributed by atoms with Crippen molar-refractivity contribution >= 4 is 11.7 Å². The van der Waals surface area contributed by atoms with E-state index in [4.69, 9.17) is 14.7 Å². The van der Waals surface area contributed by atoms with Crippen molar-refractivity contribution < 1.29 is 14.3 Å². The fraction of sp³-hybridized carbons (Fsp3) is 0.385. The lowest BCUT2D eigenvalue weighted by Crippen LogP contribution is -2.43. The highest BCUT2D eigenvalue weighted by Gasteiger charge is 2.17. The Morgan fingerprint density at radius 1 is 1.42 bits per heavy atom. The Morgan fingerprint density at radius 3 is 2.89 bits per heavy atom. The molecular formula is C13H15N3O3. The summed E-state index contributed by atoms with van der Waals surface area (Å²) < 4.78 is 10.4. The monoisotopic (exact) mass is 261 g/mol. The van der Waals surface area contributed by atoms with Gasteiger partial charge in [-0.2, -0.15) is 5.26 Å². The van der Waals surface area contributed by atoms with Gasteiger partial charge in [0.15, 0.2) is 6.61 Å². The summed E-state index contributed by atoms with van der Waals surface area (Å²) in [5.74, 6) is 0.491. The Kier molecular flexibility index (Phi) is 4.59. The number of para-hydroxylation sites is 2. The van der Waals surface area contributed by atoms with Gasteiger partial charge in [-0.25, -0.2) is 4.79 Å². The van der Waals surface area contributed by atoms with E-state index in [9.17, 15) is 4.79 Å². The van der Waals surface area contributed by atoms with Crippen molar-refractivity contribution in [3.8, 4) is 11.8 Å². The fourth-order valence-electron chi connectivity index (χ4n) is 1.77. The standard InChI is InChI=1S/C13H15N3O3/c14-5-8-19-12-4-2-1-3-11(12)15-13(17)16-6-9-18-10-7-16/h1-4H,6-10H2,(H,15,17). The first kappa shape index (κ1) is 13.2. The first-order valence-corrected chi connectivity index (χ1v) is 6.03. The smallest absolute Gasteiger partial charge is 0.322 e. The molecule has 6 nitrogen and oxygen atoms in total. The second-order valence-electron chi connectivity index (χ2n) is 3.97. The molecule has 0 saturated carbocycles. The zero-order chi connectivity index (χ0) is 13.5. The average Bonchev–Trinajstić information content (AvgIpc) is 2.47. The van der Waals surface area contributed by atoms with Crippen molar-refractivity contribution in [3.05, 3.63) is 24.3 Å². The van der Waals surface area contributed by atoms with Crippen LogP contribution in [0.3, 0.4) is 0 Å². The molecule has 1 heterocycles. The fourth-order valence-corrected chi connectivity index (χ4v) is 1.77. The van der Waals surface area contributed by atoms with Gasteiger partial charge < -0.3 is 19.7 Å². The van der Waals surface area contributed by atoms with Crippen molar-refractivity contribution in [3.63, 3.8) is 0 Å². The number of carbonyl (C=O) groups is 1. The molecule has 2 rings (SSSR count). The van der Waals surface area contributed by atoms with Crippen LogP contribution >= 0.6 is 0 Å². The maximum atomic E-state index is 12.0. The number of morpholine rings is 1. The van der Waals surface area contributed by atoms with Gasteiger partial charge in [0.05, 0.1) is 18.9 Å². The van der Waals surface area contributed by atoms with E-state index in [1.54, 1.807) is 29.2 Å². The quantitative estimate of drug-likeness (QED) is 0.893. The predicted octanol–water partition coefficient (Wildman–Crippen LogP) is 1.45. The van der Waals surface area contributed by atoms with Gasteiger partial charge in [0, 0.05) is 13.1 Å². The number of ether oxygens (including phenoxy) is 2. The lowest BCUT2D eigenvalue weighted by atomic mass is 10.3. The molecule has 1 aromatic carbocycles. The molecule has 0 aromatic heterocycles. The summed E-state index contributed by atoms with van der Waals surface area (Å²) in [4.78, 5) is 13.7. The number of amides is 2. The third kappa shape index (κ3) is 3.60. The highest BCUT2D eigenvalue weighted by molar-refractivity contribution is 5.91. The molecule has 0 unspecified atom stereocenters. The van der Waals surface area contributed by atoms with Crippen LogP contribution in [0, 0.1) is 11.3 Å². The number of anilines is 1. The number of hydrogen-bond donors (Lipinski definition) is 1. The summed E-state index contributed by atoms with van der Waals surface area (Å²) in [7, 11) is 0. The maximum Gasteiger partial charge on any atom is 0.322 e. The molecule has 0 aliphatic carbocycles. The Labute approximate surface area is 111 Å². The number of hydrogen-bond acceptors (Lipinski definition) is 4. The van der Waals surface area contributed by atoms with E-state index >= 15 is 0 Å². The lowest BCUT2D eigenvalue weighted by molar-refractivity contribution is 0.0564. The van der Waals surface area contributed by atoms with Gasteiger partial charge in [0.25, 0.3) is 0 Å². The van der Waals surface area contributed by atoms with E-state index in [0.29, 0.717) is 37.7 Å². The van der Waals surface area contributed by atoms with Gasteiger partial charge in [0.2, 0.25) is 0 Å². The lowest BCUT2D eigenvalue weighted by Gasteiger charge is -2.27. The number of carbonyl (C=O) groups excluding carboxylic acids is 1. The number of urea groups is 1. The molecular weight excluding hydrogens is 246 g/mol. The molecule has 1 aromatic rings. The van der Waals surface area contributed by atoms with Crippen molar-refractivity contribution in [1.29, 1.82) is 5.26 Å². The maximum absolute atomic E-state index is 12.0. The molecule has 2 amide bonds. The Hall–Kier alpha value is -2.26. The molecule has 1 aliphatic rings. The Balaban J connectivity index is 2.01. The van der Waals surface area contributed by atoms with Crippen LogP contribution in [0.5, 0.6) is 5.75 Å². The summed E-state index contributed by atoms with van der Waals surface area (Å²) in [6.45, 7) is 2.21. The van der Waals surface area contributed by atoms with Crippen LogP contribution in [0.1, 0.15) is 0 Å². The molecule has 1 fully saturated rings. The number of nitrogens with zero attached hydrogens (tertiary/aromatic N) is 2. The van der Waals surface area contributed by atoms with Crippen LogP contribution in [-0.2, 0) is 4.74 Å². The third-order valence-corrected chi connectivity index (χ3v) is 2.72. The Bertz CT molecular complexity index is 478. The zero-order valence-electron chi connectivity index (χ0n) is 10.5. The zero-order valence-corrected chi connectivity index (χ0v) is 10.5. The van der Waals surface area contributed by atoms with Crippen molar-refractivity contribution in [2.45, 2.75) is 0 Å². The van der Waals surface area contributed by atoms with E-state index in [2.05, 4.69) is 5.32 Å². The normalized spacial score (nSPS) is 14.6. The van der Waals surface area contributed by atoms with Gasteiger partial charge in [-0.15, -0.1) is 0 Å². The number of nitriles is 1. The summed E-state index contributed by atoms with van der Waals surface area (Å²) in [5, 5.41) is 11.3. The summed E-state index contributed by atoms with van der Waals surface area (Å²) in [6.07, 6.45) is 0. The summed E-state index contributed by atoms with van der Waals surface area (Å²) >= 11 is 0. The van der Waals surface area contributed by atoms with Gasteiger partial charge in [0.1, 0.15) is 11.8 Å². The minimum Gasteiger partial charge on any atom is -0.477 e. The molecule has 100 valence electrons. The van der Waals surface area contributed by atoms with E-state index in [0.717, 1.165) is 0 Å². The molecule has 1 N–H and O–H groups in total. The van der Waals surface area contributed by atoms with Crippen LogP contribution in [0.25, 0.3) is 0 Å². The van der Waals surface area contributed by atoms with Crippen LogP contribution in [0.4, 0.5) is 10.5 Å². The van der Waals surface area contributed by atoms with Gasteiger partial charge in [-0.1, -0.05) is 12.1 Å². The third-order valence-electron chi connectivity index (χ3n) is 2.72. The molecule has 0 spiro atoms. The summed E-state index contributed by atoms with van der Waals surface area (Å²) in [5.41, 5.74) is 0.564. The highest BCUT2D eigenvalue weighted by Crippen LogP contribution is 2.24. The van der Waals surface area contributed by atoms with Crippen LogP contribution < -0.4 is 10.1 Å². The molecule has 1 aliphatic heterocycles. The van der Waals surface area contributed by atoms with E-state index in [1.165, 1.54) is 0 Å².